The zero-order valence-corrected chi connectivity index (χ0v) is 26.4. The maximum absolute atomic E-state index is 13.9. The first-order chi connectivity index (χ1) is 21.2. The van der Waals surface area contributed by atoms with Crippen molar-refractivity contribution in [1.82, 2.24) is 14.7 Å². The predicted octanol–water partition coefficient (Wildman–Crippen LogP) is 5.21. The van der Waals surface area contributed by atoms with Gasteiger partial charge in [-0.3, -0.25) is 14.5 Å². The lowest BCUT2D eigenvalue weighted by atomic mass is 9.93. The SMILES string of the molecule is COCCCOc1cc(C(=O)N(C(C)C)[C@@H]2CC[C@H](CCN(CC(=O)c3ccccc3)C3CC3)N(C(=O)O)C2)ccc1OC. The van der Waals surface area contributed by atoms with Gasteiger partial charge in [0.2, 0.25) is 0 Å². The van der Waals surface area contributed by atoms with Gasteiger partial charge in [0.05, 0.1) is 26.3 Å². The molecule has 4 rings (SSSR count). The summed E-state index contributed by atoms with van der Waals surface area (Å²) in [4.78, 5) is 44.8. The molecule has 44 heavy (non-hydrogen) atoms. The maximum atomic E-state index is 13.9. The third-order valence-electron chi connectivity index (χ3n) is 8.53. The largest absolute Gasteiger partial charge is 0.493 e. The minimum absolute atomic E-state index is 0.0875. The average molecular weight is 610 g/mol. The highest BCUT2D eigenvalue weighted by Gasteiger charge is 2.38. The highest BCUT2D eigenvalue weighted by atomic mass is 16.5. The first-order valence-corrected chi connectivity index (χ1v) is 15.7. The number of hydrogen-bond donors (Lipinski definition) is 1. The van der Waals surface area contributed by atoms with Crippen LogP contribution in [0.4, 0.5) is 4.79 Å². The van der Waals surface area contributed by atoms with Gasteiger partial charge in [-0.1, -0.05) is 30.3 Å². The molecule has 240 valence electrons. The number of Topliss-reactive ketones (excluding diaryl/α,β-unsaturated/α-hetero) is 1. The summed E-state index contributed by atoms with van der Waals surface area (Å²) in [5.41, 5.74) is 1.17. The van der Waals surface area contributed by atoms with Crippen molar-refractivity contribution >= 4 is 17.8 Å². The van der Waals surface area contributed by atoms with Crippen molar-refractivity contribution in [1.29, 1.82) is 0 Å². The van der Waals surface area contributed by atoms with Crippen LogP contribution in [0.1, 0.15) is 73.1 Å². The molecule has 1 N–H and O–H groups in total. The topological polar surface area (TPSA) is 109 Å². The smallest absolute Gasteiger partial charge is 0.407 e. The molecule has 1 aliphatic carbocycles. The Bertz CT molecular complexity index is 1250. The molecule has 2 aliphatic rings. The molecular formula is C34H47N3O7. The minimum atomic E-state index is -0.981. The predicted molar refractivity (Wildman–Crippen MR) is 168 cm³/mol. The number of carbonyl (C=O) groups is 3. The second kappa shape index (κ2) is 15.9. The van der Waals surface area contributed by atoms with Crippen LogP contribution in [0.5, 0.6) is 11.5 Å². The van der Waals surface area contributed by atoms with Crippen LogP contribution in [-0.2, 0) is 4.74 Å². The number of nitrogens with zero attached hydrogens (tertiary/aromatic N) is 3. The summed E-state index contributed by atoms with van der Waals surface area (Å²) in [6.45, 7) is 6.14. The van der Waals surface area contributed by atoms with Gasteiger partial charge in [0.15, 0.2) is 17.3 Å². The van der Waals surface area contributed by atoms with Crippen LogP contribution in [0, 0.1) is 0 Å². The molecule has 1 aliphatic heterocycles. The number of methoxy groups -OCH3 is 2. The molecular weight excluding hydrogens is 562 g/mol. The van der Waals surface area contributed by atoms with Crippen LogP contribution in [0.25, 0.3) is 0 Å². The fourth-order valence-corrected chi connectivity index (χ4v) is 6.09. The Balaban J connectivity index is 1.42. The normalized spacial score (nSPS) is 18.4. The molecule has 1 heterocycles. The van der Waals surface area contributed by atoms with Crippen molar-refractivity contribution in [3.63, 3.8) is 0 Å². The number of piperidine rings is 1. The molecule has 10 heteroatoms. The van der Waals surface area contributed by atoms with E-state index in [0.717, 1.165) is 12.8 Å². The molecule has 0 spiro atoms. The summed E-state index contributed by atoms with van der Waals surface area (Å²) in [6, 6.07) is 14.3. The van der Waals surface area contributed by atoms with E-state index in [-0.39, 0.29) is 36.4 Å². The van der Waals surface area contributed by atoms with E-state index < -0.39 is 6.09 Å². The minimum Gasteiger partial charge on any atom is -0.493 e. The van der Waals surface area contributed by atoms with Crippen LogP contribution in [0.15, 0.2) is 48.5 Å². The Morgan fingerprint density at radius 3 is 2.30 bits per heavy atom. The van der Waals surface area contributed by atoms with E-state index in [4.69, 9.17) is 14.2 Å². The first kappa shape index (κ1) is 33.3. The van der Waals surface area contributed by atoms with E-state index in [0.29, 0.717) is 80.7 Å². The average Bonchev–Trinajstić information content (AvgIpc) is 3.87. The van der Waals surface area contributed by atoms with Gasteiger partial charge in [-0.25, -0.2) is 4.79 Å². The van der Waals surface area contributed by atoms with E-state index in [1.54, 1.807) is 37.3 Å². The number of likely N-dealkylation sites (tertiary alicyclic amines) is 1. The van der Waals surface area contributed by atoms with Gasteiger partial charge in [0.1, 0.15) is 0 Å². The highest BCUT2D eigenvalue weighted by Crippen LogP contribution is 2.32. The second-order valence-electron chi connectivity index (χ2n) is 12.0. The van der Waals surface area contributed by atoms with Crippen LogP contribution in [0.3, 0.4) is 0 Å². The lowest BCUT2D eigenvalue weighted by Gasteiger charge is -2.44. The molecule has 2 fully saturated rings. The van der Waals surface area contributed by atoms with Crippen molar-refractivity contribution in [2.45, 2.75) is 76.5 Å². The first-order valence-electron chi connectivity index (χ1n) is 15.7. The summed E-state index contributed by atoms with van der Waals surface area (Å²) >= 11 is 0. The van der Waals surface area contributed by atoms with E-state index in [1.165, 1.54) is 4.90 Å². The van der Waals surface area contributed by atoms with Gasteiger partial charge in [0, 0.05) is 62.5 Å². The number of ketones is 1. The van der Waals surface area contributed by atoms with Gasteiger partial charge in [-0.15, -0.1) is 0 Å². The molecule has 1 saturated carbocycles. The Labute approximate surface area is 260 Å². The monoisotopic (exact) mass is 609 g/mol. The highest BCUT2D eigenvalue weighted by molar-refractivity contribution is 5.97. The quantitative estimate of drug-likeness (QED) is 0.204. The second-order valence-corrected chi connectivity index (χ2v) is 12.0. The molecule has 0 radical (unpaired) electrons. The fraction of sp³-hybridized carbons (Fsp3) is 0.559. The molecule has 2 aromatic carbocycles. The van der Waals surface area contributed by atoms with Crippen LogP contribution in [0.2, 0.25) is 0 Å². The van der Waals surface area contributed by atoms with E-state index in [2.05, 4.69) is 4.90 Å². The van der Waals surface area contributed by atoms with Crippen LogP contribution >= 0.6 is 0 Å². The van der Waals surface area contributed by atoms with Crippen molar-refractivity contribution in [3.05, 3.63) is 59.7 Å². The summed E-state index contributed by atoms with van der Waals surface area (Å²) in [5.74, 6) is 0.945. The van der Waals surface area contributed by atoms with E-state index >= 15 is 0 Å². The third kappa shape index (κ3) is 8.72. The van der Waals surface area contributed by atoms with Crippen molar-refractivity contribution < 1.29 is 33.7 Å². The fourth-order valence-electron chi connectivity index (χ4n) is 6.09. The Morgan fingerprint density at radius 1 is 0.932 bits per heavy atom. The van der Waals surface area contributed by atoms with E-state index in [9.17, 15) is 19.5 Å². The summed E-state index contributed by atoms with van der Waals surface area (Å²) in [5, 5.41) is 10.2. The van der Waals surface area contributed by atoms with Gasteiger partial charge in [-0.05, 0) is 64.2 Å². The Hall–Kier alpha value is -3.63. The molecule has 2 amide bonds. The van der Waals surface area contributed by atoms with Gasteiger partial charge < -0.3 is 29.1 Å². The summed E-state index contributed by atoms with van der Waals surface area (Å²) in [6.07, 6.45) is 3.84. The Morgan fingerprint density at radius 2 is 1.66 bits per heavy atom. The number of ether oxygens (including phenoxy) is 3. The van der Waals surface area contributed by atoms with Gasteiger partial charge >= 0.3 is 6.09 Å². The molecule has 0 unspecified atom stereocenters. The molecule has 0 aromatic heterocycles. The standard InChI is InChI=1S/C34H47N3O7/c1-24(2)37(33(39)26-11-16-31(43-4)32(21-26)44-20-8-19-42-3)29-15-14-28(36(22-29)34(40)41)17-18-35(27-12-13-27)23-30(38)25-9-6-5-7-10-25/h5-7,9-11,16,21,24,27-29H,8,12-15,17-20,22-23H2,1-4H3,(H,40,41)/t28-,29-/m1/s1. The zero-order chi connectivity index (χ0) is 31.6. The molecule has 2 aromatic rings. The number of hydrogen-bond acceptors (Lipinski definition) is 7. The zero-order valence-electron chi connectivity index (χ0n) is 26.4. The van der Waals surface area contributed by atoms with Crippen LogP contribution < -0.4 is 9.47 Å². The molecule has 0 bridgehead atoms. The maximum Gasteiger partial charge on any atom is 0.407 e. The van der Waals surface area contributed by atoms with Crippen LogP contribution in [-0.4, -0.2) is 109 Å². The molecule has 10 nitrogen and oxygen atoms in total. The molecule has 1 saturated heterocycles. The van der Waals surface area contributed by atoms with Crippen molar-refractivity contribution in [2.24, 2.45) is 0 Å². The lowest BCUT2D eigenvalue weighted by molar-refractivity contribution is 0.0304. The summed E-state index contributed by atoms with van der Waals surface area (Å²) < 4.78 is 16.4. The van der Waals surface area contributed by atoms with Crippen molar-refractivity contribution in [3.8, 4) is 11.5 Å². The summed E-state index contributed by atoms with van der Waals surface area (Å²) in [7, 11) is 3.20. The van der Waals surface area contributed by atoms with Gasteiger partial charge in [-0.2, -0.15) is 0 Å². The lowest BCUT2D eigenvalue weighted by Crippen LogP contribution is -2.57. The Kier molecular flexibility index (Phi) is 12.0. The number of carbonyl (C=O) groups excluding carboxylic acids is 2. The number of amides is 2. The molecule has 2 atom stereocenters. The van der Waals surface area contributed by atoms with E-state index in [1.807, 2.05) is 44.2 Å². The third-order valence-corrected chi connectivity index (χ3v) is 8.53. The van der Waals surface area contributed by atoms with Crippen molar-refractivity contribution in [2.75, 3.05) is 47.1 Å². The number of carboxylic acid groups (broad SMARTS) is 1. The number of rotatable bonds is 16. The number of benzene rings is 2. The van der Waals surface area contributed by atoms with Gasteiger partial charge in [0.25, 0.3) is 5.91 Å².